The van der Waals surface area contributed by atoms with Gasteiger partial charge in [-0.3, -0.25) is 0 Å². The van der Waals surface area contributed by atoms with Crippen LogP contribution in [0.1, 0.15) is 46.5 Å². The number of amides is 1. The second-order valence-corrected chi connectivity index (χ2v) is 7.14. The third kappa shape index (κ3) is 7.67. The van der Waals surface area contributed by atoms with Crippen LogP contribution in [-0.4, -0.2) is 42.3 Å². The average molecular weight is 288 g/mol. The highest BCUT2D eigenvalue weighted by Crippen LogP contribution is 2.19. The minimum absolute atomic E-state index is 0.246. The maximum absolute atomic E-state index is 11.7. The van der Waals surface area contributed by atoms with E-state index in [4.69, 9.17) is 4.74 Å². The Morgan fingerprint density at radius 1 is 1.32 bits per heavy atom. The summed E-state index contributed by atoms with van der Waals surface area (Å²) in [6.07, 6.45) is 6.27. The molecule has 0 heterocycles. The first kappa shape index (κ1) is 16.6. The second kappa shape index (κ2) is 8.00. The maximum atomic E-state index is 11.7. The maximum Gasteiger partial charge on any atom is 0.407 e. The highest BCUT2D eigenvalue weighted by atomic mass is 32.2. The van der Waals surface area contributed by atoms with Crippen molar-refractivity contribution in [3.8, 4) is 0 Å². The Bertz CT molecular complexity index is 279. The Kier molecular flexibility index (Phi) is 7.00. The van der Waals surface area contributed by atoms with Gasteiger partial charge in [-0.15, -0.1) is 0 Å². The summed E-state index contributed by atoms with van der Waals surface area (Å²) in [5, 5.41) is 6.55. The van der Waals surface area contributed by atoms with E-state index in [1.165, 1.54) is 6.42 Å². The van der Waals surface area contributed by atoms with E-state index < -0.39 is 5.60 Å². The van der Waals surface area contributed by atoms with Crippen LogP contribution >= 0.6 is 11.8 Å². The zero-order valence-electron chi connectivity index (χ0n) is 12.6. The van der Waals surface area contributed by atoms with E-state index >= 15 is 0 Å². The first-order valence-corrected chi connectivity index (χ1v) is 8.52. The fourth-order valence-electron chi connectivity index (χ4n) is 2.35. The van der Waals surface area contributed by atoms with Crippen LogP contribution in [0.25, 0.3) is 0 Å². The number of hydrogen-bond acceptors (Lipinski definition) is 4. The molecule has 2 unspecified atom stereocenters. The third-order valence-corrected chi connectivity index (χ3v) is 3.75. The molecule has 0 aliphatic heterocycles. The third-order valence-electron chi connectivity index (χ3n) is 3.13. The summed E-state index contributed by atoms with van der Waals surface area (Å²) in [4.78, 5) is 11.7. The van der Waals surface area contributed by atoms with Crippen molar-refractivity contribution in [3.05, 3.63) is 0 Å². The topological polar surface area (TPSA) is 50.4 Å². The molecule has 1 amide bonds. The van der Waals surface area contributed by atoms with Crippen molar-refractivity contribution in [1.82, 2.24) is 10.6 Å². The zero-order valence-corrected chi connectivity index (χ0v) is 13.4. The number of nitrogens with one attached hydrogen (secondary N) is 2. The van der Waals surface area contributed by atoms with Gasteiger partial charge in [-0.25, -0.2) is 4.79 Å². The SMILES string of the molecule is CSCCNC1CCCC(NC(=O)OC(C)(C)C)C1. The summed E-state index contributed by atoms with van der Waals surface area (Å²) in [5.41, 5.74) is -0.422. The molecular formula is C14H28N2O2S. The molecule has 1 aliphatic rings. The lowest BCUT2D eigenvalue weighted by Crippen LogP contribution is -2.46. The minimum Gasteiger partial charge on any atom is -0.444 e. The Labute approximate surface area is 121 Å². The second-order valence-electron chi connectivity index (χ2n) is 6.15. The van der Waals surface area contributed by atoms with E-state index in [1.807, 2.05) is 32.5 Å². The highest BCUT2D eigenvalue weighted by Gasteiger charge is 2.24. The fourth-order valence-corrected chi connectivity index (χ4v) is 2.67. The molecule has 5 heteroatoms. The van der Waals surface area contributed by atoms with Crippen molar-refractivity contribution in [1.29, 1.82) is 0 Å². The molecule has 1 saturated carbocycles. The van der Waals surface area contributed by atoms with E-state index in [1.54, 1.807) is 0 Å². The lowest BCUT2D eigenvalue weighted by atomic mass is 9.91. The minimum atomic E-state index is -0.422. The Hall–Kier alpha value is -0.420. The van der Waals surface area contributed by atoms with E-state index in [0.29, 0.717) is 6.04 Å². The number of thioether (sulfide) groups is 1. The number of rotatable bonds is 5. The van der Waals surface area contributed by atoms with Crippen molar-refractivity contribution >= 4 is 17.9 Å². The summed E-state index contributed by atoms with van der Waals surface area (Å²) in [6, 6.07) is 0.774. The predicted octanol–water partition coefficient (Wildman–Crippen LogP) is 2.77. The van der Waals surface area contributed by atoms with Crippen LogP contribution in [-0.2, 0) is 4.74 Å². The molecule has 0 saturated heterocycles. The first-order chi connectivity index (χ1) is 8.90. The molecule has 2 N–H and O–H groups in total. The summed E-state index contributed by atoms with van der Waals surface area (Å²) >= 11 is 1.86. The molecule has 0 radical (unpaired) electrons. The molecule has 1 aliphatic carbocycles. The van der Waals surface area contributed by atoms with E-state index in [0.717, 1.165) is 31.6 Å². The fraction of sp³-hybridized carbons (Fsp3) is 0.929. The number of ether oxygens (including phenoxy) is 1. The van der Waals surface area contributed by atoms with Crippen LogP contribution in [0.4, 0.5) is 4.79 Å². The normalized spacial score (nSPS) is 24.0. The van der Waals surface area contributed by atoms with Gasteiger partial charge in [0.1, 0.15) is 5.60 Å². The number of hydrogen-bond donors (Lipinski definition) is 2. The Morgan fingerprint density at radius 3 is 2.63 bits per heavy atom. The van der Waals surface area contributed by atoms with Gasteiger partial charge in [-0.2, -0.15) is 11.8 Å². The van der Waals surface area contributed by atoms with E-state index in [2.05, 4.69) is 16.9 Å². The van der Waals surface area contributed by atoms with Crippen LogP contribution in [0.15, 0.2) is 0 Å². The van der Waals surface area contributed by atoms with Crippen molar-refractivity contribution in [2.45, 2.75) is 64.1 Å². The quantitative estimate of drug-likeness (QED) is 0.764. The standard InChI is InChI=1S/C14H28N2O2S/c1-14(2,3)18-13(17)16-12-7-5-6-11(10-12)15-8-9-19-4/h11-12,15H,5-10H2,1-4H3,(H,16,17). The molecule has 112 valence electrons. The molecule has 0 spiro atoms. The van der Waals surface area contributed by atoms with Crippen molar-refractivity contribution in [2.75, 3.05) is 18.6 Å². The molecule has 0 aromatic heterocycles. The lowest BCUT2D eigenvalue weighted by molar-refractivity contribution is 0.0489. The average Bonchev–Trinajstić information content (AvgIpc) is 2.27. The number of carbonyl (C=O) groups is 1. The smallest absolute Gasteiger partial charge is 0.407 e. The van der Waals surface area contributed by atoms with Crippen LogP contribution in [0.2, 0.25) is 0 Å². The summed E-state index contributed by atoms with van der Waals surface area (Å²) in [5.74, 6) is 1.14. The van der Waals surface area contributed by atoms with Crippen molar-refractivity contribution < 1.29 is 9.53 Å². The van der Waals surface area contributed by atoms with Crippen LogP contribution in [0.5, 0.6) is 0 Å². The molecule has 0 aromatic carbocycles. The van der Waals surface area contributed by atoms with Gasteiger partial charge in [0, 0.05) is 24.4 Å². The van der Waals surface area contributed by atoms with Crippen LogP contribution in [0.3, 0.4) is 0 Å². The molecular weight excluding hydrogens is 260 g/mol. The van der Waals surface area contributed by atoms with Crippen LogP contribution < -0.4 is 10.6 Å². The van der Waals surface area contributed by atoms with Gasteiger partial charge >= 0.3 is 6.09 Å². The molecule has 2 atom stereocenters. The highest BCUT2D eigenvalue weighted by molar-refractivity contribution is 7.98. The van der Waals surface area contributed by atoms with Gasteiger partial charge in [-0.1, -0.05) is 0 Å². The number of alkyl carbamates (subject to hydrolysis) is 1. The van der Waals surface area contributed by atoms with E-state index in [-0.39, 0.29) is 12.1 Å². The molecule has 19 heavy (non-hydrogen) atoms. The van der Waals surface area contributed by atoms with Gasteiger partial charge in [0.2, 0.25) is 0 Å². The molecule has 0 bridgehead atoms. The van der Waals surface area contributed by atoms with Gasteiger partial charge in [0.15, 0.2) is 0 Å². The van der Waals surface area contributed by atoms with Gasteiger partial charge in [-0.05, 0) is 52.7 Å². The van der Waals surface area contributed by atoms with E-state index in [9.17, 15) is 4.79 Å². The van der Waals surface area contributed by atoms with Crippen molar-refractivity contribution in [3.63, 3.8) is 0 Å². The lowest BCUT2D eigenvalue weighted by Gasteiger charge is -2.31. The number of carbonyl (C=O) groups excluding carboxylic acids is 1. The van der Waals surface area contributed by atoms with Crippen molar-refractivity contribution in [2.24, 2.45) is 0 Å². The summed E-state index contributed by atoms with van der Waals surface area (Å²) in [6.45, 7) is 6.71. The zero-order chi connectivity index (χ0) is 14.3. The van der Waals surface area contributed by atoms with Gasteiger partial charge < -0.3 is 15.4 Å². The monoisotopic (exact) mass is 288 g/mol. The first-order valence-electron chi connectivity index (χ1n) is 7.12. The largest absolute Gasteiger partial charge is 0.444 e. The van der Waals surface area contributed by atoms with Crippen LogP contribution in [0, 0.1) is 0 Å². The molecule has 0 aromatic rings. The molecule has 4 nitrogen and oxygen atoms in total. The molecule has 1 fully saturated rings. The Balaban J connectivity index is 2.28. The summed E-state index contributed by atoms with van der Waals surface area (Å²) in [7, 11) is 0. The summed E-state index contributed by atoms with van der Waals surface area (Å²) < 4.78 is 5.30. The van der Waals surface area contributed by atoms with Gasteiger partial charge in [0.05, 0.1) is 0 Å². The van der Waals surface area contributed by atoms with Gasteiger partial charge in [0.25, 0.3) is 0 Å². The predicted molar refractivity (Wildman–Crippen MR) is 81.8 cm³/mol. The Morgan fingerprint density at radius 2 is 2.00 bits per heavy atom. The molecule has 1 rings (SSSR count).